The van der Waals surface area contributed by atoms with Crippen LogP contribution in [-0.4, -0.2) is 40.6 Å². The molecule has 0 atom stereocenters. The van der Waals surface area contributed by atoms with Gasteiger partial charge in [0.15, 0.2) is 0 Å². The molecule has 0 aliphatic heterocycles. The minimum atomic E-state index is -0.270. The van der Waals surface area contributed by atoms with E-state index in [1.165, 1.54) is 15.9 Å². The van der Waals surface area contributed by atoms with Crippen LogP contribution in [0.1, 0.15) is 30.1 Å². The zero-order valence-electron chi connectivity index (χ0n) is 18.1. The maximum absolute atomic E-state index is 13.3. The SMILES string of the molecule is CCN(CC)Cc1nc2sc(C)c(C)c2c(=O)n1CC(=O)Nc1ccc(OC)cc1. The maximum atomic E-state index is 13.3. The Labute approximate surface area is 180 Å². The predicted octanol–water partition coefficient (Wildman–Crippen LogP) is 3.56. The molecule has 3 rings (SSSR count). The van der Waals surface area contributed by atoms with Crippen molar-refractivity contribution in [1.82, 2.24) is 14.5 Å². The molecule has 7 nitrogen and oxygen atoms in total. The molecule has 0 saturated heterocycles. The van der Waals surface area contributed by atoms with Crippen LogP contribution in [0.25, 0.3) is 10.2 Å². The second-order valence-electron chi connectivity index (χ2n) is 7.12. The van der Waals surface area contributed by atoms with Gasteiger partial charge in [-0.3, -0.25) is 19.1 Å². The van der Waals surface area contributed by atoms with E-state index in [0.717, 1.165) is 28.4 Å². The number of carbonyl (C=O) groups excluding carboxylic acids is 1. The molecule has 0 unspecified atom stereocenters. The highest BCUT2D eigenvalue weighted by Gasteiger charge is 2.19. The number of aryl methyl sites for hydroxylation is 2. The molecule has 2 aromatic heterocycles. The van der Waals surface area contributed by atoms with Crippen molar-refractivity contribution in [3.05, 3.63) is 50.9 Å². The largest absolute Gasteiger partial charge is 0.497 e. The predicted molar refractivity (Wildman–Crippen MR) is 122 cm³/mol. The van der Waals surface area contributed by atoms with Crippen molar-refractivity contribution >= 4 is 33.1 Å². The Kier molecular flexibility index (Phi) is 6.89. The second kappa shape index (κ2) is 9.40. The summed E-state index contributed by atoms with van der Waals surface area (Å²) in [5.41, 5.74) is 1.43. The number of hydrogen-bond acceptors (Lipinski definition) is 6. The van der Waals surface area contributed by atoms with Crippen LogP contribution in [-0.2, 0) is 17.9 Å². The lowest BCUT2D eigenvalue weighted by Crippen LogP contribution is -2.34. The smallest absolute Gasteiger partial charge is 0.263 e. The molecule has 1 N–H and O–H groups in total. The fourth-order valence-electron chi connectivity index (χ4n) is 3.32. The van der Waals surface area contributed by atoms with Crippen LogP contribution in [0.5, 0.6) is 5.75 Å². The van der Waals surface area contributed by atoms with E-state index in [9.17, 15) is 9.59 Å². The first-order valence-electron chi connectivity index (χ1n) is 10.0. The monoisotopic (exact) mass is 428 g/mol. The first-order valence-corrected chi connectivity index (χ1v) is 10.8. The van der Waals surface area contributed by atoms with E-state index < -0.39 is 0 Å². The molecule has 0 bridgehead atoms. The van der Waals surface area contributed by atoms with Gasteiger partial charge >= 0.3 is 0 Å². The van der Waals surface area contributed by atoms with Gasteiger partial charge in [-0.1, -0.05) is 13.8 Å². The summed E-state index contributed by atoms with van der Waals surface area (Å²) in [5.74, 6) is 1.06. The van der Waals surface area contributed by atoms with E-state index in [-0.39, 0.29) is 18.0 Å². The van der Waals surface area contributed by atoms with Crippen molar-refractivity contribution in [1.29, 1.82) is 0 Å². The third-order valence-corrected chi connectivity index (χ3v) is 6.40. The lowest BCUT2D eigenvalue weighted by atomic mass is 10.2. The molecule has 30 heavy (non-hydrogen) atoms. The molecule has 1 aromatic carbocycles. The zero-order valence-corrected chi connectivity index (χ0v) is 18.9. The molecular formula is C22H28N4O3S. The van der Waals surface area contributed by atoms with Crippen LogP contribution < -0.4 is 15.6 Å². The van der Waals surface area contributed by atoms with Crippen molar-refractivity contribution in [2.24, 2.45) is 0 Å². The lowest BCUT2D eigenvalue weighted by molar-refractivity contribution is -0.116. The minimum Gasteiger partial charge on any atom is -0.497 e. The van der Waals surface area contributed by atoms with E-state index in [2.05, 4.69) is 24.1 Å². The van der Waals surface area contributed by atoms with Crippen LogP contribution >= 0.6 is 11.3 Å². The van der Waals surface area contributed by atoms with Crippen molar-refractivity contribution < 1.29 is 9.53 Å². The van der Waals surface area contributed by atoms with Crippen LogP contribution in [0.4, 0.5) is 5.69 Å². The van der Waals surface area contributed by atoms with Crippen LogP contribution in [0.15, 0.2) is 29.1 Å². The fourth-order valence-corrected chi connectivity index (χ4v) is 4.36. The molecule has 0 saturated carbocycles. The number of ether oxygens (including phenoxy) is 1. The van der Waals surface area contributed by atoms with E-state index >= 15 is 0 Å². The molecule has 0 fully saturated rings. The highest BCUT2D eigenvalue weighted by atomic mass is 32.1. The lowest BCUT2D eigenvalue weighted by Gasteiger charge is -2.20. The van der Waals surface area contributed by atoms with Crippen molar-refractivity contribution in [2.75, 3.05) is 25.5 Å². The van der Waals surface area contributed by atoms with Gasteiger partial charge < -0.3 is 10.1 Å². The number of fused-ring (bicyclic) bond motifs is 1. The van der Waals surface area contributed by atoms with Gasteiger partial charge in [0.25, 0.3) is 5.56 Å². The topological polar surface area (TPSA) is 76.5 Å². The van der Waals surface area contributed by atoms with E-state index in [1.54, 1.807) is 31.4 Å². The summed E-state index contributed by atoms with van der Waals surface area (Å²) < 4.78 is 6.66. The van der Waals surface area contributed by atoms with Gasteiger partial charge in [-0.15, -0.1) is 11.3 Å². The number of methoxy groups -OCH3 is 1. The average molecular weight is 429 g/mol. The highest BCUT2D eigenvalue weighted by molar-refractivity contribution is 7.18. The highest BCUT2D eigenvalue weighted by Crippen LogP contribution is 2.26. The molecular weight excluding hydrogens is 400 g/mol. The van der Waals surface area contributed by atoms with Gasteiger partial charge in [0.2, 0.25) is 5.91 Å². The van der Waals surface area contributed by atoms with Crippen LogP contribution in [0.3, 0.4) is 0 Å². The number of thiophene rings is 1. The number of hydrogen-bond donors (Lipinski definition) is 1. The summed E-state index contributed by atoms with van der Waals surface area (Å²) in [4.78, 5) is 34.9. The van der Waals surface area contributed by atoms with Crippen molar-refractivity contribution in [2.45, 2.75) is 40.8 Å². The minimum absolute atomic E-state index is 0.0846. The Morgan fingerprint density at radius 3 is 2.47 bits per heavy atom. The molecule has 0 aliphatic rings. The van der Waals surface area contributed by atoms with Gasteiger partial charge in [0.05, 0.1) is 19.0 Å². The number of rotatable bonds is 8. The molecule has 0 spiro atoms. The Morgan fingerprint density at radius 2 is 1.87 bits per heavy atom. The third-order valence-electron chi connectivity index (χ3n) is 5.30. The molecule has 160 valence electrons. The number of carbonyl (C=O) groups is 1. The van der Waals surface area contributed by atoms with Gasteiger partial charge in [-0.25, -0.2) is 4.98 Å². The van der Waals surface area contributed by atoms with Crippen molar-refractivity contribution in [3.63, 3.8) is 0 Å². The molecule has 0 radical (unpaired) electrons. The summed E-state index contributed by atoms with van der Waals surface area (Å²) in [7, 11) is 1.59. The Bertz CT molecular complexity index is 1100. The van der Waals surface area contributed by atoms with Crippen molar-refractivity contribution in [3.8, 4) is 5.75 Å². The van der Waals surface area contributed by atoms with Gasteiger partial charge in [0.1, 0.15) is 22.9 Å². The summed E-state index contributed by atoms with van der Waals surface area (Å²) >= 11 is 1.53. The molecule has 8 heteroatoms. The quantitative estimate of drug-likeness (QED) is 0.594. The van der Waals surface area contributed by atoms with Gasteiger partial charge in [-0.2, -0.15) is 0 Å². The Hall–Kier alpha value is -2.71. The summed E-state index contributed by atoms with van der Waals surface area (Å²) in [6.07, 6.45) is 0. The number of nitrogens with one attached hydrogen (secondary N) is 1. The number of nitrogens with zero attached hydrogens (tertiary/aromatic N) is 3. The Balaban J connectivity index is 1.96. The van der Waals surface area contributed by atoms with Crippen LogP contribution in [0.2, 0.25) is 0 Å². The summed E-state index contributed by atoms with van der Waals surface area (Å²) in [6.45, 7) is 10.2. The standard InChI is InChI=1S/C22H28N4O3S/c1-6-25(7-2)12-18-24-21-20(14(3)15(4)30-21)22(28)26(18)13-19(27)23-16-8-10-17(29-5)11-9-16/h8-11H,6-7,12-13H2,1-5H3,(H,23,27). The molecule has 3 aromatic rings. The van der Waals surface area contributed by atoms with E-state index in [4.69, 9.17) is 9.72 Å². The average Bonchev–Trinajstić information content (AvgIpc) is 3.02. The third kappa shape index (κ3) is 4.55. The summed E-state index contributed by atoms with van der Waals surface area (Å²) in [5, 5.41) is 3.46. The second-order valence-corrected chi connectivity index (χ2v) is 8.32. The number of benzene rings is 1. The summed E-state index contributed by atoms with van der Waals surface area (Å²) in [6, 6.07) is 7.09. The maximum Gasteiger partial charge on any atom is 0.263 e. The van der Waals surface area contributed by atoms with Gasteiger partial charge in [-0.05, 0) is 56.8 Å². The first-order chi connectivity index (χ1) is 14.4. The Morgan fingerprint density at radius 1 is 1.20 bits per heavy atom. The van der Waals surface area contributed by atoms with E-state index in [1.807, 2.05) is 13.8 Å². The zero-order chi connectivity index (χ0) is 21.8. The normalized spacial score (nSPS) is 11.3. The number of aromatic nitrogens is 2. The molecule has 1 amide bonds. The van der Waals surface area contributed by atoms with Gasteiger partial charge in [0, 0.05) is 10.6 Å². The molecule has 0 aliphatic carbocycles. The molecule has 2 heterocycles. The number of anilines is 1. The van der Waals surface area contributed by atoms with E-state index in [0.29, 0.717) is 29.2 Å². The van der Waals surface area contributed by atoms with Crippen LogP contribution in [0, 0.1) is 13.8 Å². The first kappa shape index (κ1) is 22.0. The fraction of sp³-hybridized carbons (Fsp3) is 0.409. The number of amides is 1.